The van der Waals surface area contributed by atoms with E-state index in [2.05, 4.69) is 11.9 Å². The molecule has 2 fully saturated rings. The minimum atomic E-state index is -0.289. The van der Waals surface area contributed by atoms with Gasteiger partial charge in [0.1, 0.15) is 6.61 Å². The molecular weight excluding hydrogens is 262 g/mol. The van der Waals surface area contributed by atoms with Gasteiger partial charge in [0.05, 0.1) is 0 Å². The van der Waals surface area contributed by atoms with E-state index in [9.17, 15) is 4.79 Å². The number of nitrogens with one attached hydrogen (secondary N) is 1. The Bertz CT molecular complexity index is 495. The quantitative estimate of drug-likeness (QED) is 0.851. The molecule has 0 saturated heterocycles. The zero-order valence-electron chi connectivity index (χ0n) is 12.4. The van der Waals surface area contributed by atoms with Gasteiger partial charge < -0.3 is 10.1 Å². The Morgan fingerprint density at radius 3 is 2.48 bits per heavy atom. The molecule has 112 valence electrons. The largest absolute Gasteiger partial charge is 0.445 e. The molecule has 2 atom stereocenters. The zero-order chi connectivity index (χ0) is 14.7. The van der Waals surface area contributed by atoms with Gasteiger partial charge in [-0.1, -0.05) is 42.5 Å². The van der Waals surface area contributed by atoms with Crippen LogP contribution in [0.2, 0.25) is 0 Å². The van der Waals surface area contributed by atoms with Crippen molar-refractivity contribution in [3.05, 3.63) is 48.0 Å². The number of alkyl carbamates (subject to hydrolysis) is 1. The van der Waals surface area contributed by atoms with Crippen LogP contribution in [0, 0.1) is 11.8 Å². The van der Waals surface area contributed by atoms with Crippen LogP contribution >= 0.6 is 0 Å². The monoisotopic (exact) mass is 285 g/mol. The second-order valence-electron chi connectivity index (χ2n) is 6.50. The van der Waals surface area contributed by atoms with Gasteiger partial charge in [-0.2, -0.15) is 0 Å². The third-order valence-corrected chi connectivity index (χ3v) is 4.59. The van der Waals surface area contributed by atoms with Crippen LogP contribution in [0.4, 0.5) is 4.79 Å². The molecule has 1 amide bonds. The molecule has 3 heteroatoms. The Morgan fingerprint density at radius 1 is 1.14 bits per heavy atom. The molecule has 0 aromatic heterocycles. The average Bonchev–Trinajstić information content (AvgIpc) is 2.45. The van der Waals surface area contributed by atoms with Gasteiger partial charge in [-0.25, -0.2) is 4.79 Å². The lowest BCUT2D eigenvalue weighted by atomic mass is 9.69. The SMILES string of the molecule is C=C1CC2CC(C1)CC(NC(=O)OCc1ccccc1)C2. The summed E-state index contributed by atoms with van der Waals surface area (Å²) in [5.41, 5.74) is 2.41. The number of rotatable bonds is 3. The van der Waals surface area contributed by atoms with Crippen LogP contribution in [-0.4, -0.2) is 12.1 Å². The topological polar surface area (TPSA) is 38.3 Å². The van der Waals surface area contributed by atoms with Crippen LogP contribution in [0.3, 0.4) is 0 Å². The molecule has 3 nitrogen and oxygen atoms in total. The minimum absolute atomic E-state index is 0.269. The van der Waals surface area contributed by atoms with Crippen LogP contribution in [0.25, 0.3) is 0 Å². The molecule has 0 aliphatic heterocycles. The summed E-state index contributed by atoms with van der Waals surface area (Å²) in [5.74, 6) is 1.40. The van der Waals surface area contributed by atoms with Crippen molar-refractivity contribution in [2.24, 2.45) is 11.8 Å². The molecule has 2 bridgehead atoms. The molecule has 3 rings (SSSR count). The maximum Gasteiger partial charge on any atom is 0.407 e. The zero-order valence-corrected chi connectivity index (χ0v) is 12.4. The van der Waals surface area contributed by atoms with E-state index in [-0.39, 0.29) is 12.1 Å². The fourth-order valence-electron chi connectivity index (χ4n) is 3.85. The Kier molecular flexibility index (Phi) is 4.28. The van der Waals surface area contributed by atoms with Crippen molar-refractivity contribution in [2.75, 3.05) is 0 Å². The number of allylic oxidation sites excluding steroid dienone is 1. The molecule has 2 unspecified atom stereocenters. The molecule has 2 saturated carbocycles. The van der Waals surface area contributed by atoms with E-state index >= 15 is 0 Å². The van der Waals surface area contributed by atoms with Crippen LogP contribution < -0.4 is 5.32 Å². The first-order chi connectivity index (χ1) is 10.2. The molecule has 0 radical (unpaired) electrons. The normalized spacial score (nSPS) is 28.0. The van der Waals surface area contributed by atoms with Crippen molar-refractivity contribution < 1.29 is 9.53 Å². The minimum Gasteiger partial charge on any atom is -0.445 e. The van der Waals surface area contributed by atoms with E-state index in [1.165, 1.54) is 12.0 Å². The summed E-state index contributed by atoms with van der Waals surface area (Å²) in [6.45, 7) is 4.47. The Hall–Kier alpha value is -1.77. The molecule has 0 heterocycles. The molecular formula is C18H23NO2. The Labute approximate surface area is 126 Å². The van der Waals surface area contributed by atoms with Crippen molar-refractivity contribution in [3.8, 4) is 0 Å². The van der Waals surface area contributed by atoms with Gasteiger partial charge in [-0.15, -0.1) is 0 Å². The summed E-state index contributed by atoms with van der Waals surface area (Å²) in [4.78, 5) is 11.9. The molecule has 1 aromatic carbocycles. The van der Waals surface area contributed by atoms with E-state index in [4.69, 9.17) is 4.74 Å². The first kappa shape index (κ1) is 14.2. The van der Waals surface area contributed by atoms with E-state index in [0.29, 0.717) is 18.4 Å². The van der Waals surface area contributed by atoms with Gasteiger partial charge in [-0.05, 0) is 49.5 Å². The maximum atomic E-state index is 11.9. The summed E-state index contributed by atoms with van der Waals surface area (Å²) in [6.07, 6.45) is 5.41. The van der Waals surface area contributed by atoms with Crippen LogP contribution in [0.5, 0.6) is 0 Å². The molecule has 1 N–H and O–H groups in total. The van der Waals surface area contributed by atoms with Gasteiger partial charge >= 0.3 is 6.09 Å². The highest BCUT2D eigenvalue weighted by atomic mass is 16.5. The maximum absolute atomic E-state index is 11.9. The van der Waals surface area contributed by atoms with Crippen molar-refractivity contribution in [1.82, 2.24) is 5.32 Å². The lowest BCUT2D eigenvalue weighted by Crippen LogP contribution is -2.42. The van der Waals surface area contributed by atoms with Crippen molar-refractivity contribution in [2.45, 2.75) is 44.8 Å². The van der Waals surface area contributed by atoms with Gasteiger partial charge in [0.2, 0.25) is 0 Å². The molecule has 0 spiro atoms. The highest BCUT2D eigenvalue weighted by Gasteiger charge is 2.33. The highest BCUT2D eigenvalue weighted by molar-refractivity contribution is 5.67. The summed E-state index contributed by atoms with van der Waals surface area (Å²) in [5, 5.41) is 3.04. The fourth-order valence-corrected chi connectivity index (χ4v) is 3.85. The Balaban J connectivity index is 1.46. The summed E-state index contributed by atoms with van der Waals surface area (Å²) >= 11 is 0. The smallest absolute Gasteiger partial charge is 0.407 e. The van der Waals surface area contributed by atoms with E-state index in [1.807, 2.05) is 30.3 Å². The summed E-state index contributed by atoms with van der Waals surface area (Å²) in [6, 6.07) is 10.0. The average molecular weight is 285 g/mol. The van der Waals surface area contributed by atoms with Gasteiger partial charge in [0.15, 0.2) is 0 Å². The number of hydrogen-bond acceptors (Lipinski definition) is 2. The van der Waals surface area contributed by atoms with Gasteiger partial charge in [0, 0.05) is 6.04 Å². The van der Waals surface area contributed by atoms with Gasteiger partial charge in [0.25, 0.3) is 0 Å². The lowest BCUT2D eigenvalue weighted by Gasteiger charge is -2.39. The number of ether oxygens (including phenoxy) is 1. The third-order valence-electron chi connectivity index (χ3n) is 4.59. The number of carbonyl (C=O) groups excluding carboxylic acids is 1. The predicted octanol–water partition coefficient (Wildman–Crippen LogP) is 4.05. The van der Waals surface area contributed by atoms with Crippen LogP contribution in [0.1, 0.15) is 37.7 Å². The molecule has 2 aliphatic rings. The number of hydrogen-bond donors (Lipinski definition) is 1. The lowest BCUT2D eigenvalue weighted by molar-refractivity contribution is 0.121. The first-order valence-corrected chi connectivity index (χ1v) is 7.83. The third kappa shape index (κ3) is 3.87. The standard InChI is InChI=1S/C18H23NO2/c1-13-7-15-9-16(8-13)11-17(10-15)19-18(20)21-12-14-5-3-2-4-6-14/h2-6,15-17H,1,7-12H2,(H,19,20). The number of benzene rings is 1. The second-order valence-corrected chi connectivity index (χ2v) is 6.50. The number of fused-ring (bicyclic) bond motifs is 2. The first-order valence-electron chi connectivity index (χ1n) is 7.83. The number of amides is 1. The Morgan fingerprint density at radius 2 is 1.81 bits per heavy atom. The second kappa shape index (κ2) is 6.33. The number of carbonyl (C=O) groups is 1. The van der Waals surface area contributed by atoms with E-state index < -0.39 is 0 Å². The highest BCUT2D eigenvalue weighted by Crippen LogP contribution is 2.41. The molecule has 2 aliphatic carbocycles. The van der Waals surface area contributed by atoms with E-state index in [0.717, 1.165) is 31.2 Å². The van der Waals surface area contributed by atoms with Gasteiger partial charge in [-0.3, -0.25) is 0 Å². The van der Waals surface area contributed by atoms with Crippen molar-refractivity contribution >= 4 is 6.09 Å². The fraction of sp³-hybridized carbons (Fsp3) is 0.500. The summed E-state index contributed by atoms with van der Waals surface area (Å²) < 4.78 is 5.31. The molecule has 21 heavy (non-hydrogen) atoms. The molecule has 1 aromatic rings. The predicted molar refractivity (Wildman–Crippen MR) is 82.8 cm³/mol. The van der Waals surface area contributed by atoms with Crippen LogP contribution in [0.15, 0.2) is 42.5 Å². The van der Waals surface area contributed by atoms with Crippen molar-refractivity contribution in [3.63, 3.8) is 0 Å². The summed E-state index contributed by atoms with van der Waals surface area (Å²) in [7, 11) is 0. The van der Waals surface area contributed by atoms with E-state index in [1.54, 1.807) is 0 Å². The van der Waals surface area contributed by atoms with Crippen molar-refractivity contribution in [1.29, 1.82) is 0 Å². The van der Waals surface area contributed by atoms with Crippen LogP contribution in [-0.2, 0) is 11.3 Å².